The van der Waals surface area contributed by atoms with E-state index in [4.69, 9.17) is 5.73 Å². The van der Waals surface area contributed by atoms with Gasteiger partial charge < -0.3 is 5.73 Å². The van der Waals surface area contributed by atoms with Gasteiger partial charge in [-0.25, -0.2) is 0 Å². The summed E-state index contributed by atoms with van der Waals surface area (Å²) in [5.74, 6) is 2.58. The van der Waals surface area contributed by atoms with Crippen LogP contribution in [0.3, 0.4) is 0 Å². The van der Waals surface area contributed by atoms with Crippen LogP contribution in [0, 0.1) is 5.92 Å². The molecule has 0 aliphatic carbocycles. The molecule has 0 aromatic heterocycles. The van der Waals surface area contributed by atoms with Crippen LogP contribution in [-0.2, 0) is 0 Å². The van der Waals surface area contributed by atoms with Crippen LogP contribution in [0.1, 0.15) is 19.3 Å². The molecule has 0 bridgehead atoms. The van der Waals surface area contributed by atoms with E-state index in [1.54, 1.807) is 0 Å². The minimum absolute atomic E-state index is 0.679. The molecular formula is C7H17NS2. The maximum absolute atomic E-state index is 5.36. The van der Waals surface area contributed by atoms with Crippen molar-refractivity contribution in [3.8, 4) is 0 Å². The lowest BCUT2D eigenvalue weighted by molar-refractivity contribution is 0.558. The zero-order valence-corrected chi connectivity index (χ0v) is 8.08. The second-order valence-electron chi connectivity index (χ2n) is 2.52. The molecule has 0 atom stereocenters. The van der Waals surface area contributed by atoms with Gasteiger partial charge in [0.2, 0.25) is 0 Å². The third-order valence-corrected chi connectivity index (χ3v) is 2.62. The molecule has 0 radical (unpaired) electrons. The van der Waals surface area contributed by atoms with E-state index >= 15 is 0 Å². The maximum atomic E-state index is 5.36. The minimum atomic E-state index is 0.679. The maximum Gasteiger partial charge on any atom is -0.00617 e. The van der Waals surface area contributed by atoms with Crippen LogP contribution in [0.4, 0.5) is 0 Å². The van der Waals surface area contributed by atoms with E-state index in [-0.39, 0.29) is 0 Å². The zero-order chi connectivity index (χ0) is 7.82. The first-order chi connectivity index (χ1) is 4.85. The van der Waals surface area contributed by atoms with Crippen LogP contribution < -0.4 is 5.73 Å². The molecule has 0 saturated carbocycles. The Morgan fingerprint density at radius 1 is 1.10 bits per heavy atom. The Labute approximate surface area is 74.6 Å². The molecule has 0 aromatic rings. The van der Waals surface area contributed by atoms with Gasteiger partial charge in [-0.1, -0.05) is 6.42 Å². The van der Waals surface area contributed by atoms with Crippen LogP contribution in [0.5, 0.6) is 0 Å². The fourth-order valence-electron chi connectivity index (χ4n) is 0.818. The van der Waals surface area contributed by atoms with Crippen molar-refractivity contribution < 1.29 is 0 Å². The van der Waals surface area contributed by atoms with Gasteiger partial charge >= 0.3 is 0 Å². The largest absolute Gasteiger partial charge is 0.330 e. The molecule has 0 aromatic carbocycles. The SMILES string of the molecule is NCCCCC(CS)CS. The molecule has 2 N–H and O–H groups in total. The number of thiol groups is 2. The van der Waals surface area contributed by atoms with Crippen molar-refractivity contribution in [2.75, 3.05) is 18.1 Å². The van der Waals surface area contributed by atoms with Crippen molar-refractivity contribution in [2.24, 2.45) is 11.7 Å². The highest BCUT2D eigenvalue weighted by molar-refractivity contribution is 7.81. The van der Waals surface area contributed by atoms with Crippen molar-refractivity contribution in [2.45, 2.75) is 19.3 Å². The zero-order valence-electron chi connectivity index (χ0n) is 6.29. The Morgan fingerprint density at radius 3 is 2.10 bits per heavy atom. The summed E-state index contributed by atoms with van der Waals surface area (Å²) in [6, 6.07) is 0. The van der Waals surface area contributed by atoms with Crippen molar-refractivity contribution in [3.63, 3.8) is 0 Å². The first-order valence-corrected chi connectivity index (χ1v) is 5.03. The second-order valence-corrected chi connectivity index (χ2v) is 3.25. The summed E-state index contributed by atoms with van der Waals surface area (Å²) in [6.07, 6.45) is 3.59. The quantitative estimate of drug-likeness (QED) is 0.419. The summed E-state index contributed by atoms with van der Waals surface area (Å²) in [5.41, 5.74) is 5.36. The third kappa shape index (κ3) is 5.45. The van der Waals surface area contributed by atoms with Crippen LogP contribution in [0.25, 0.3) is 0 Å². The number of nitrogens with two attached hydrogens (primary N) is 1. The average Bonchev–Trinajstić information content (AvgIpc) is 1.99. The Bertz CT molecular complexity index is 64.6. The van der Waals surface area contributed by atoms with Crippen LogP contribution in [0.2, 0.25) is 0 Å². The van der Waals surface area contributed by atoms with E-state index in [2.05, 4.69) is 25.3 Å². The Hall–Kier alpha value is 0.660. The van der Waals surface area contributed by atoms with Crippen molar-refractivity contribution in [1.82, 2.24) is 0 Å². The van der Waals surface area contributed by atoms with E-state index < -0.39 is 0 Å². The smallest absolute Gasteiger partial charge is 0.00617 e. The third-order valence-electron chi connectivity index (χ3n) is 1.58. The Kier molecular flexibility index (Phi) is 8.28. The highest BCUT2D eigenvalue weighted by Gasteiger charge is 2.02. The van der Waals surface area contributed by atoms with Crippen LogP contribution >= 0.6 is 25.3 Å². The number of unbranched alkanes of at least 4 members (excludes halogenated alkanes) is 1. The summed E-state index contributed by atoms with van der Waals surface area (Å²) in [4.78, 5) is 0. The summed E-state index contributed by atoms with van der Waals surface area (Å²) in [5, 5.41) is 0. The summed E-state index contributed by atoms with van der Waals surface area (Å²) in [6.45, 7) is 0.811. The topological polar surface area (TPSA) is 26.0 Å². The monoisotopic (exact) mass is 179 g/mol. The van der Waals surface area contributed by atoms with Gasteiger partial charge in [-0.2, -0.15) is 25.3 Å². The lowest BCUT2D eigenvalue weighted by Gasteiger charge is -2.09. The van der Waals surface area contributed by atoms with E-state index in [9.17, 15) is 0 Å². The van der Waals surface area contributed by atoms with E-state index in [1.807, 2.05) is 0 Å². The summed E-state index contributed by atoms with van der Waals surface area (Å²) >= 11 is 8.44. The first kappa shape index (κ1) is 10.7. The van der Waals surface area contributed by atoms with E-state index in [1.165, 1.54) is 12.8 Å². The van der Waals surface area contributed by atoms with Gasteiger partial charge in [-0.15, -0.1) is 0 Å². The molecule has 0 heterocycles. The van der Waals surface area contributed by atoms with Gasteiger partial charge in [0.15, 0.2) is 0 Å². The van der Waals surface area contributed by atoms with Gasteiger partial charge in [-0.05, 0) is 36.8 Å². The Morgan fingerprint density at radius 2 is 1.70 bits per heavy atom. The molecule has 0 aliphatic rings. The highest BCUT2D eigenvalue weighted by atomic mass is 32.1. The van der Waals surface area contributed by atoms with Crippen LogP contribution in [-0.4, -0.2) is 18.1 Å². The van der Waals surface area contributed by atoms with Crippen molar-refractivity contribution in [3.05, 3.63) is 0 Å². The second kappa shape index (κ2) is 7.76. The molecular weight excluding hydrogens is 162 g/mol. The van der Waals surface area contributed by atoms with E-state index in [0.717, 1.165) is 24.5 Å². The molecule has 10 heavy (non-hydrogen) atoms. The molecule has 0 fully saturated rings. The highest BCUT2D eigenvalue weighted by Crippen LogP contribution is 2.10. The summed E-state index contributed by atoms with van der Waals surface area (Å²) < 4.78 is 0. The fraction of sp³-hybridized carbons (Fsp3) is 1.00. The van der Waals surface area contributed by atoms with Gasteiger partial charge in [0.1, 0.15) is 0 Å². The molecule has 0 aliphatic heterocycles. The molecule has 0 amide bonds. The predicted octanol–water partition coefficient (Wildman–Crippen LogP) is 1.59. The molecule has 0 unspecified atom stereocenters. The van der Waals surface area contributed by atoms with Gasteiger partial charge in [0.25, 0.3) is 0 Å². The van der Waals surface area contributed by atoms with Gasteiger partial charge in [-0.3, -0.25) is 0 Å². The lowest BCUT2D eigenvalue weighted by Crippen LogP contribution is -2.06. The first-order valence-electron chi connectivity index (χ1n) is 3.77. The minimum Gasteiger partial charge on any atom is -0.330 e. The molecule has 1 nitrogen and oxygen atoms in total. The lowest BCUT2D eigenvalue weighted by atomic mass is 10.1. The molecule has 0 spiro atoms. The molecule has 0 saturated heterocycles. The van der Waals surface area contributed by atoms with E-state index in [0.29, 0.717) is 5.92 Å². The predicted molar refractivity (Wildman–Crippen MR) is 54.1 cm³/mol. The number of hydrogen-bond acceptors (Lipinski definition) is 3. The fourth-order valence-corrected chi connectivity index (χ4v) is 1.64. The standard InChI is InChI=1S/C7H17NS2/c8-4-2-1-3-7(5-9)6-10/h7,9-10H,1-6,8H2. The van der Waals surface area contributed by atoms with Crippen LogP contribution in [0.15, 0.2) is 0 Å². The normalized spacial score (nSPS) is 10.8. The average molecular weight is 179 g/mol. The number of rotatable bonds is 6. The van der Waals surface area contributed by atoms with Gasteiger partial charge in [0.05, 0.1) is 0 Å². The summed E-state index contributed by atoms with van der Waals surface area (Å²) in [7, 11) is 0. The Balaban J connectivity index is 3.09. The molecule has 62 valence electrons. The van der Waals surface area contributed by atoms with Crippen molar-refractivity contribution >= 4 is 25.3 Å². The van der Waals surface area contributed by atoms with Crippen molar-refractivity contribution in [1.29, 1.82) is 0 Å². The van der Waals surface area contributed by atoms with Gasteiger partial charge in [0, 0.05) is 0 Å². The molecule has 3 heteroatoms. The number of hydrogen-bond donors (Lipinski definition) is 3. The molecule has 0 rings (SSSR count).